The van der Waals surface area contributed by atoms with Crippen molar-refractivity contribution in [1.82, 2.24) is 16.0 Å². The first kappa shape index (κ1) is 21.3. The number of halogens is 1. The maximum Gasteiger partial charge on any atom is 0.251 e. The second-order valence-corrected chi connectivity index (χ2v) is 7.82. The van der Waals surface area contributed by atoms with Crippen LogP contribution in [-0.2, 0) is 0 Å². The van der Waals surface area contributed by atoms with E-state index in [4.69, 9.17) is 0 Å². The highest BCUT2D eigenvalue weighted by molar-refractivity contribution is 7.99. The van der Waals surface area contributed by atoms with Gasteiger partial charge in [-0.2, -0.15) is 11.8 Å². The average molecular weight is 369 g/mol. The number of benzene rings is 1. The largest absolute Gasteiger partial charge is 0.357 e. The molecule has 0 fully saturated rings. The van der Waals surface area contributed by atoms with Crippen LogP contribution in [-0.4, -0.2) is 49.0 Å². The Kier molecular flexibility index (Phi) is 8.75. The van der Waals surface area contributed by atoms with Crippen molar-refractivity contribution in [2.45, 2.75) is 32.4 Å². The summed E-state index contributed by atoms with van der Waals surface area (Å²) in [5, 5.41) is 9.14. The average Bonchev–Trinajstić information content (AvgIpc) is 2.58. The van der Waals surface area contributed by atoms with Gasteiger partial charge in [-0.15, -0.1) is 0 Å². The zero-order chi connectivity index (χ0) is 18.9. The third-order valence-corrected chi connectivity index (χ3v) is 4.89. The van der Waals surface area contributed by atoms with Gasteiger partial charge in [0.2, 0.25) is 0 Å². The van der Waals surface area contributed by atoms with Crippen LogP contribution in [0.4, 0.5) is 4.39 Å². The minimum atomic E-state index is -0.372. The standard InChI is InChI=1S/C18H29FN4OS/c1-6-20-17(23-12-18(3,4)25-5)22-10-9-21-16(24)14-8-7-13(2)15(19)11-14/h7-8,11H,6,9-10,12H2,1-5H3,(H,21,24)(H2,20,22,23). The Morgan fingerprint density at radius 2 is 1.92 bits per heavy atom. The van der Waals surface area contributed by atoms with E-state index < -0.39 is 0 Å². The number of thioether (sulfide) groups is 1. The fourth-order valence-electron chi connectivity index (χ4n) is 1.87. The Labute approximate surface area is 154 Å². The lowest BCUT2D eigenvalue weighted by atomic mass is 10.1. The van der Waals surface area contributed by atoms with Gasteiger partial charge in [-0.25, -0.2) is 4.39 Å². The zero-order valence-corrected chi connectivity index (χ0v) is 16.5. The summed E-state index contributed by atoms with van der Waals surface area (Å²) in [6, 6.07) is 4.48. The first-order chi connectivity index (χ1) is 11.8. The number of aryl methyl sites for hydroxylation is 1. The van der Waals surface area contributed by atoms with E-state index in [9.17, 15) is 9.18 Å². The van der Waals surface area contributed by atoms with Crippen molar-refractivity contribution in [3.8, 4) is 0 Å². The molecular formula is C18H29FN4OS. The van der Waals surface area contributed by atoms with Crippen LogP contribution in [0.2, 0.25) is 0 Å². The van der Waals surface area contributed by atoms with Crippen LogP contribution in [0.1, 0.15) is 36.7 Å². The number of aliphatic imine (C=N–C) groups is 1. The molecule has 0 saturated carbocycles. The van der Waals surface area contributed by atoms with Crippen LogP contribution < -0.4 is 16.0 Å². The van der Waals surface area contributed by atoms with Gasteiger partial charge in [0.1, 0.15) is 5.82 Å². The third kappa shape index (κ3) is 7.77. The minimum absolute atomic E-state index is 0.0755. The predicted molar refractivity (Wildman–Crippen MR) is 105 cm³/mol. The van der Waals surface area contributed by atoms with E-state index >= 15 is 0 Å². The molecule has 0 aromatic heterocycles. The topological polar surface area (TPSA) is 65.5 Å². The lowest BCUT2D eigenvalue weighted by molar-refractivity contribution is 0.0954. The molecule has 0 saturated heterocycles. The fraction of sp³-hybridized carbons (Fsp3) is 0.556. The summed E-state index contributed by atoms with van der Waals surface area (Å²) < 4.78 is 13.6. The SMILES string of the molecule is CCNC(=NCC(C)(C)SC)NCCNC(=O)c1ccc(C)c(F)c1. The second kappa shape index (κ2) is 10.3. The first-order valence-corrected chi connectivity index (χ1v) is 9.63. The quantitative estimate of drug-likeness (QED) is 0.375. The van der Waals surface area contributed by atoms with Crippen molar-refractivity contribution in [2.75, 3.05) is 32.4 Å². The Morgan fingerprint density at radius 3 is 2.52 bits per heavy atom. The Bertz CT molecular complexity index is 605. The number of hydrogen-bond donors (Lipinski definition) is 3. The van der Waals surface area contributed by atoms with Crippen molar-refractivity contribution in [3.63, 3.8) is 0 Å². The second-order valence-electron chi connectivity index (χ2n) is 6.31. The predicted octanol–water partition coefficient (Wildman–Crippen LogP) is 2.56. The van der Waals surface area contributed by atoms with Crippen LogP contribution in [0.3, 0.4) is 0 Å². The number of nitrogens with zero attached hydrogens (tertiary/aromatic N) is 1. The fourth-order valence-corrected chi connectivity index (χ4v) is 2.06. The van der Waals surface area contributed by atoms with E-state index in [1.165, 1.54) is 6.07 Å². The van der Waals surface area contributed by atoms with Gasteiger partial charge in [-0.05, 0) is 51.6 Å². The van der Waals surface area contributed by atoms with Crippen molar-refractivity contribution in [3.05, 3.63) is 35.1 Å². The van der Waals surface area contributed by atoms with E-state index in [1.54, 1.807) is 30.8 Å². The monoisotopic (exact) mass is 368 g/mol. The van der Waals surface area contributed by atoms with E-state index in [0.717, 1.165) is 12.5 Å². The molecule has 1 amide bonds. The van der Waals surface area contributed by atoms with Crippen molar-refractivity contribution >= 4 is 23.6 Å². The maximum absolute atomic E-state index is 13.5. The van der Waals surface area contributed by atoms with E-state index in [0.29, 0.717) is 30.8 Å². The maximum atomic E-state index is 13.5. The van der Waals surface area contributed by atoms with Crippen molar-refractivity contribution < 1.29 is 9.18 Å². The molecule has 0 atom stereocenters. The number of carbonyl (C=O) groups is 1. The highest BCUT2D eigenvalue weighted by Crippen LogP contribution is 2.20. The molecule has 0 unspecified atom stereocenters. The highest BCUT2D eigenvalue weighted by Gasteiger charge is 2.15. The van der Waals surface area contributed by atoms with E-state index in [1.807, 2.05) is 6.92 Å². The summed E-state index contributed by atoms with van der Waals surface area (Å²) in [5.74, 6) is 0.0650. The summed E-state index contributed by atoms with van der Waals surface area (Å²) in [4.78, 5) is 16.6. The molecule has 0 radical (unpaired) electrons. The first-order valence-electron chi connectivity index (χ1n) is 8.40. The van der Waals surface area contributed by atoms with Gasteiger partial charge in [0.05, 0.1) is 6.54 Å². The lowest BCUT2D eigenvalue weighted by Crippen LogP contribution is -2.42. The zero-order valence-electron chi connectivity index (χ0n) is 15.7. The van der Waals surface area contributed by atoms with Gasteiger partial charge in [-0.1, -0.05) is 6.07 Å². The normalized spacial score (nSPS) is 12.0. The summed E-state index contributed by atoms with van der Waals surface area (Å²) in [6.07, 6.45) is 2.07. The number of rotatable bonds is 8. The molecule has 0 aliphatic heterocycles. The number of guanidine groups is 1. The van der Waals surface area contributed by atoms with E-state index in [2.05, 4.69) is 41.0 Å². The summed E-state index contributed by atoms with van der Waals surface area (Å²) >= 11 is 1.77. The van der Waals surface area contributed by atoms with Gasteiger partial charge in [0.25, 0.3) is 5.91 Å². The number of hydrogen-bond acceptors (Lipinski definition) is 3. The van der Waals surface area contributed by atoms with Gasteiger partial charge in [0, 0.05) is 29.9 Å². The molecular weight excluding hydrogens is 339 g/mol. The molecule has 3 N–H and O–H groups in total. The molecule has 140 valence electrons. The molecule has 0 aliphatic carbocycles. The highest BCUT2D eigenvalue weighted by atomic mass is 32.2. The molecule has 5 nitrogen and oxygen atoms in total. The molecule has 0 bridgehead atoms. The molecule has 0 spiro atoms. The number of nitrogens with one attached hydrogen (secondary N) is 3. The molecule has 25 heavy (non-hydrogen) atoms. The van der Waals surface area contributed by atoms with Crippen LogP contribution in [0.15, 0.2) is 23.2 Å². The lowest BCUT2D eigenvalue weighted by Gasteiger charge is -2.20. The van der Waals surface area contributed by atoms with Crippen LogP contribution in [0.5, 0.6) is 0 Å². The Morgan fingerprint density at radius 1 is 1.24 bits per heavy atom. The summed E-state index contributed by atoms with van der Waals surface area (Å²) in [7, 11) is 0. The molecule has 7 heteroatoms. The van der Waals surface area contributed by atoms with Gasteiger partial charge >= 0.3 is 0 Å². The molecule has 0 aliphatic rings. The van der Waals surface area contributed by atoms with Gasteiger partial charge in [-0.3, -0.25) is 9.79 Å². The van der Waals surface area contributed by atoms with Crippen LogP contribution in [0.25, 0.3) is 0 Å². The van der Waals surface area contributed by atoms with Crippen molar-refractivity contribution in [1.29, 1.82) is 0 Å². The van der Waals surface area contributed by atoms with Gasteiger partial charge < -0.3 is 16.0 Å². The summed E-state index contributed by atoms with van der Waals surface area (Å²) in [5.41, 5.74) is 0.850. The van der Waals surface area contributed by atoms with E-state index in [-0.39, 0.29) is 16.5 Å². The molecule has 1 aromatic rings. The van der Waals surface area contributed by atoms with Crippen molar-refractivity contribution in [2.24, 2.45) is 4.99 Å². The third-order valence-electron chi connectivity index (χ3n) is 3.65. The van der Waals surface area contributed by atoms with Crippen LogP contribution >= 0.6 is 11.8 Å². The Balaban J connectivity index is 2.46. The summed E-state index contributed by atoms with van der Waals surface area (Å²) in [6.45, 7) is 10.4. The smallest absolute Gasteiger partial charge is 0.251 e. The number of amides is 1. The molecule has 0 heterocycles. The van der Waals surface area contributed by atoms with Crippen LogP contribution in [0, 0.1) is 12.7 Å². The minimum Gasteiger partial charge on any atom is -0.357 e. The van der Waals surface area contributed by atoms with Gasteiger partial charge in [0.15, 0.2) is 5.96 Å². The molecule has 1 rings (SSSR count). The number of carbonyl (C=O) groups excluding carboxylic acids is 1. The molecule has 1 aromatic carbocycles. The Hall–Kier alpha value is -1.76.